The van der Waals surface area contributed by atoms with Gasteiger partial charge in [-0.05, 0) is 41.0 Å². The maximum atomic E-state index is 12.6. The molecule has 4 rings (SSSR count). The molecule has 1 unspecified atom stereocenters. The Morgan fingerprint density at radius 2 is 1.67 bits per heavy atom. The summed E-state index contributed by atoms with van der Waals surface area (Å²) in [7, 11) is 0. The molecule has 0 aliphatic heterocycles. The highest BCUT2D eigenvalue weighted by Crippen LogP contribution is 2.44. The number of hydrogen-bond donors (Lipinski definition) is 2. The lowest BCUT2D eigenvalue weighted by Crippen LogP contribution is -2.39. The summed E-state index contributed by atoms with van der Waals surface area (Å²) < 4.78 is 5.56. The molecule has 0 spiro atoms. The van der Waals surface area contributed by atoms with Crippen molar-refractivity contribution in [2.75, 3.05) is 19.7 Å². The van der Waals surface area contributed by atoms with E-state index in [-0.39, 0.29) is 43.4 Å². The number of hydrogen-bond acceptors (Lipinski definition) is 4. The van der Waals surface area contributed by atoms with Crippen molar-refractivity contribution in [2.24, 2.45) is 5.92 Å². The van der Waals surface area contributed by atoms with Gasteiger partial charge in [0, 0.05) is 24.9 Å². The molecule has 1 fully saturated rings. The molecule has 0 bridgehead atoms. The summed E-state index contributed by atoms with van der Waals surface area (Å²) in [6, 6.07) is 16.4. The van der Waals surface area contributed by atoms with E-state index in [0.29, 0.717) is 13.0 Å². The second-order valence-electron chi connectivity index (χ2n) is 8.83. The van der Waals surface area contributed by atoms with Crippen molar-refractivity contribution in [3.63, 3.8) is 0 Å². The van der Waals surface area contributed by atoms with Crippen molar-refractivity contribution in [3.8, 4) is 11.1 Å². The smallest absolute Gasteiger partial charge is 0.407 e. The number of fused-ring (bicyclic) bond motifs is 3. The Bertz CT molecular complexity index is 987. The number of nitrogens with one attached hydrogen (secondary N) is 1. The zero-order valence-corrected chi connectivity index (χ0v) is 18.8. The van der Waals surface area contributed by atoms with Crippen molar-refractivity contribution >= 4 is 18.0 Å². The maximum Gasteiger partial charge on any atom is 0.407 e. The van der Waals surface area contributed by atoms with Crippen LogP contribution in [0.1, 0.15) is 49.7 Å². The standard InChI is InChI=1S/C26H30N2O5/c1-2-17(13-24(29)28(15-25(30)31)18-11-12-18)14-27-26(32)33-16-23-21-9-5-3-7-19(21)20-8-4-6-10-22(20)23/h3-10,17-18,23H,2,11-16H2,1H3,(H,27,32)(H,30,31). The first kappa shape index (κ1) is 22.8. The summed E-state index contributed by atoms with van der Waals surface area (Å²) in [5.41, 5.74) is 4.66. The average Bonchev–Trinajstić information content (AvgIpc) is 3.61. The van der Waals surface area contributed by atoms with Crippen LogP contribution in [0.2, 0.25) is 0 Å². The number of alkyl carbamates (subject to hydrolysis) is 1. The Labute approximate surface area is 193 Å². The Morgan fingerprint density at radius 1 is 1.06 bits per heavy atom. The number of carbonyl (C=O) groups is 3. The van der Waals surface area contributed by atoms with Gasteiger partial charge in [-0.3, -0.25) is 9.59 Å². The van der Waals surface area contributed by atoms with Crippen LogP contribution >= 0.6 is 0 Å². The molecule has 2 aromatic rings. The lowest BCUT2D eigenvalue weighted by molar-refractivity contribution is -0.145. The molecule has 1 atom stereocenters. The number of nitrogens with zero attached hydrogens (tertiary/aromatic N) is 1. The molecule has 2 aliphatic carbocycles. The predicted molar refractivity (Wildman–Crippen MR) is 124 cm³/mol. The molecule has 2 aromatic carbocycles. The van der Waals surface area contributed by atoms with Gasteiger partial charge in [0.25, 0.3) is 0 Å². The molecule has 0 radical (unpaired) electrons. The van der Waals surface area contributed by atoms with E-state index < -0.39 is 12.1 Å². The van der Waals surface area contributed by atoms with Crippen LogP contribution in [0.25, 0.3) is 11.1 Å². The monoisotopic (exact) mass is 450 g/mol. The van der Waals surface area contributed by atoms with Gasteiger partial charge in [-0.15, -0.1) is 0 Å². The quantitative estimate of drug-likeness (QED) is 0.570. The van der Waals surface area contributed by atoms with Crippen molar-refractivity contribution < 1.29 is 24.2 Å². The summed E-state index contributed by atoms with van der Waals surface area (Å²) in [4.78, 5) is 37.6. The molecular weight excluding hydrogens is 420 g/mol. The third-order valence-corrected chi connectivity index (χ3v) is 6.53. The van der Waals surface area contributed by atoms with E-state index in [1.165, 1.54) is 16.0 Å². The van der Waals surface area contributed by atoms with E-state index >= 15 is 0 Å². The summed E-state index contributed by atoms with van der Waals surface area (Å²) in [6.07, 6.45) is 2.11. The van der Waals surface area contributed by atoms with Crippen molar-refractivity contribution in [3.05, 3.63) is 59.7 Å². The number of benzene rings is 2. The van der Waals surface area contributed by atoms with E-state index in [1.54, 1.807) is 0 Å². The van der Waals surface area contributed by atoms with E-state index in [4.69, 9.17) is 9.84 Å². The van der Waals surface area contributed by atoms with Crippen LogP contribution in [0.15, 0.2) is 48.5 Å². The minimum absolute atomic E-state index is 0.00480. The molecule has 0 heterocycles. The molecule has 2 amide bonds. The number of carbonyl (C=O) groups excluding carboxylic acids is 2. The summed E-state index contributed by atoms with van der Waals surface area (Å²) in [6.45, 7) is 2.24. The van der Waals surface area contributed by atoms with Gasteiger partial charge in [0.15, 0.2) is 0 Å². The van der Waals surface area contributed by atoms with E-state index in [2.05, 4.69) is 29.6 Å². The third-order valence-electron chi connectivity index (χ3n) is 6.53. The highest BCUT2D eigenvalue weighted by atomic mass is 16.5. The number of amides is 2. The van der Waals surface area contributed by atoms with Gasteiger partial charge in [-0.2, -0.15) is 0 Å². The van der Waals surface area contributed by atoms with Gasteiger partial charge in [-0.1, -0.05) is 61.9 Å². The largest absolute Gasteiger partial charge is 0.480 e. The third kappa shape index (κ3) is 5.35. The first-order valence-corrected chi connectivity index (χ1v) is 11.6. The molecule has 1 saturated carbocycles. The fourth-order valence-electron chi connectivity index (χ4n) is 4.56. The molecule has 7 heteroatoms. The Morgan fingerprint density at radius 3 is 2.21 bits per heavy atom. The first-order valence-electron chi connectivity index (χ1n) is 11.6. The molecule has 33 heavy (non-hydrogen) atoms. The number of carboxylic acids is 1. The average molecular weight is 451 g/mol. The van der Waals surface area contributed by atoms with Crippen LogP contribution in [0.4, 0.5) is 4.79 Å². The van der Waals surface area contributed by atoms with E-state index in [0.717, 1.165) is 24.0 Å². The summed E-state index contributed by atoms with van der Waals surface area (Å²) in [5, 5.41) is 11.9. The van der Waals surface area contributed by atoms with Crippen LogP contribution in [0.3, 0.4) is 0 Å². The zero-order chi connectivity index (χ0) is 23.4. The number of ether oxygens (including phenoxy) is 1. The van der Waals surface area contributed by atoms with Crippen LogP contribution in [0, 0.1) is 5.92 Å². The van der Waals surface area contributed by atoms with E-state index in [9.17, 15) is 14.4 Å². The van der Waals surface area contributed by atoms with Gasteiger partial charge in [0.05, 0.1) is 0 Å². The second kappa shape index (κ2) is 10.1. The second-order valence-corrected chi connectivity index (χ2v) is 8.83. The van der Waals surface area contributed by atoms with Crippen molar-refractivity contribution in [1.29, 1.82) is 0 Å². The molecule has 0 saturated heterocycles. The van der Waals surface area contributed by atoms with Crippen molar-refractivity contribution in [2.45, 2.75) is 44.6 Å². The van der Waals surface area contributed by atoms with Gasteiger partial charge < -0.3 is 20.1 Å². The van der Waals surface area contributed by atoms with Gasteiger partial charge in [0.2, 0.25) is 5.91 Å². The molecule has 7 nitrogen and oxygen atoms in total. The van der Waals surface area contributed by atoms with Gasteiger partial charge >= 0.3 is 12.1 Å². The normalized spacial score (nSPS) is 15.3. The van der Waals surface area contributed by atoms with Gasteiger partial charge in [-0.25, -0.2) is 4.79 Å². The molecule has 2 N–H and O–H groups in total. The highest BCUT2D eigenvalue weighted by molar-refractivity contribution is 5.82. The van der Waals surface area contributed by atoms with Crippen LogP contribution in [-0.2, 0) is 14.3 Å². The zero-order valence-electron chi connectivity index (χ0n) is 18.8. The minimum Gasteiger partial charge on any atom is -0.480 e. The summed E-state index contributed by atoms with van der Waals surface area (Å²) >= 11 is 0. The van der Waals surface area contributed by atoms with Gasteiger partial charge in [0.1, 0.15) is 13.2 Å². The number of rotatable bonds is 10. The Kier molecular flexibility index (Phi) is 6.96. The predicted octanol–water partition coefficient (Wildman–Crippen LogP) is 4.02. The lowest BCUT2D eigenvalue weighted by atomic mass is 9.98. The molecule has 2 aliphatic rings. The van der Waals surface area contributed by atoms with Crippen LogP contribution in [-0.4, -0.2) is 53.7 Å². The fourth-order valence-corrected chi connectivity index (χ4v) is 4.56. The lowest BCUT2D eigenvalue weighted by Gasteiger charge is -2.23. The van der Waals surface area contributed by atoms with Crippen LogP contribution < -0.4 is 5.32 Å². The number of aliphatic carboxylic acids is 1. The topological polar surface area (TPSA) is 95.9 Å². The molecular formula is C26H30N2O5. The highest BCUT2D eigenvalue weighted by Gasteiger charge is 2.34. The van der Waals surface area contributed by atoms with Crippen molar-refractivity contribution in [1.82, 2.24) is 10.2 Å². The number of carboxylic acid groups (broad SMARTS) is 1. The maximum absolute atomic E-state index is 12.6. The summed E-state index contributed by atoms with van der Waals surface area (Å²) in [5.74, 6) is -1.25. The molecule has 0 aromatic heterocycles. The minimum atomic E-state index is -1.000. The molecule has 174 valence electrons. The van der Waals surface area contributed by atoms with E-state index in [1.807, 2.05) is 31.2 Å². The SMILES string of the molecule is CCC(CNC(=O)OCC1c2ccccc2-c2ccccc21)CC(=O)N(CC(=O)O)C1CC1. The van der Waals surface area contributed by atoms with Crippen LogP contribution in [0.5, 0.6) is 0 Å². The first-order chi connectivity index (χ1) is 16.0. The fraction of sp³-hybridized carbons (Fsp3) is 0.423. The Hall–Kier alpha value is -3.35. The Balaban J connectivity index is 1.29.